The molecular formula is C14H23N3O6. The smallest absolute Gasteiger partial charge is 0.426 e. The maximum absolute atomic E-state index is 11.6. The Morgan fingerprint density at radius 1 is 1.30 bits per heavy atom. The summed E-state index contributed by atoms with van der Waals surface area (Å²) in [7, 11) is 0. The molecule has 0 aliphatic carbocycles. The van der Waals surface area contributed by atoms with Gasteiger partial charge in [-0.3, -0.25) is 10.2 Å². The molecule has 0 saturated carbocycles. The molecule has 0 saturated heterocycles. The molecule has 0 aliphatic heterocycles. The van der Waals surface area contributed by atoms with Crippen molar-refractivity contribution in [1.29, 1.82) is 0 Å². The highest BCUT2D eigenvalue weighted by molar-refractivity contribution is 5.83. The minimum Gasteiger partial charge on any atom is -0.464 e. The van der Waals surface area contributed by atoms with E-state index in [-0.39, 0.29) is 13.0 Å². The fraction of sp³-hybridized carbons (Fsp3) is 0.643. The number of nitrogens with zero attached hydrogens (tertiary/aromatic N) is 1. The van der Waals surface area contributed by atoms with Crippen LogP contribution in [0.1, 0.15) is 34.1 Å². The zero-order chi connectivity index (χ0) is 18.0. The number of ether oxygens (including phenoxy) is 1. The first-order valence-electron chi connectivity index (χ1n) is 6.92. The topological polar surface area (TPSA) is 128 Å². The number of carboxylic acid groups (broad SMARTS) is 1. The van der Waals surface area contributed by atoms with Crippen molar-refractivity contribution in [2.75, 3.05) is 13.1 Å². The molecule has 0 fully saturated rings. The van der Waals surface area contributed by atoms with Gasteiger partial charge >= 0.3 is 12.2 Å². The van der Waals surface area contributed by atoms with Crippen LogP contribution in [-0.2, 0) is 9.53 Å². The van der Waals surface area contributed by atoms with Crippen LogP contribution < -0.4 is 10.7 Å². The first-order valence-corrected chi connectivity index (χ1v) is 6.92. The van der Waals surface area contributed by atoms with Crippen LogP contribution >= 0.6 is 0 Å². The highest BCUT2D eigenvalue weighted by Gasteiger charge is 2.19. The van der Waals surface area contributed by atoms with Gasteiger partial charge in [0.2, 0.25) is 0 Å². The molecule has 0 spiro atoms. The second-order valence-electron chi connectivity index (χ2n) is 5.52. The highest BCUT2D eigenvalue weighted by Crippen LogP contribution is 2.06. The number of alkyl carbamates (subject to hydrolysis) is 1. The molecule has 0 heterocycles. The quantitative estimate of drug-likeness (QED) is 0.424. The second kappa shape index (κ2) is 9.53. The van der Waals surface area contributed by atoms with Crippen molar-refractivity contribution in [3.05, 3.63) is 0 Å². The molecule has 0 rings (SSSR count). The Kier molecular flexibility index (Phi) is 8.50. The number of aliphatic hydroxyl groups is 1. The Morgan fingerprint density at radius 2 is 1.91 bits per heavy atom. The lowest BCUT2D eigenvalue weighted by molar-refractivity contribution is -0.124. The summed E-state index contributed by atoms with van der Waals surface area (Å²) in [5, 5.41) is 21.2. The van der Waals surface area contributed by atoms with Crippen LogP contribution in [0.5, 0.6) is 0 Å². The van der Waals surface area contributed by atoms with E-state index in [0.717, 1.165) is 0 Å². The van der Waals surface area contributed by atoms with Gasteiger partial charge in [-0.15, -0.1) is 5.92 Å². The lowest BCUT2D eigenvalue weighted by atomic mass is 10.2. The Morgan fingerprint density at radius 3 is 2.39 bits per heavy atom. The van der Waals surface area contributed by atoms with Crippen LogP contribution in [0, 0.1) is 11.8 Å². The molecule has 0 aromatic heterocycles. The third-order valence-electron chi connectivity index (χ3n) is 2.22. The zero-order valence-corrected chi connectivity index (χ0v) is 13.7. The minimum absolute atomic E-state index is 0.0346. The van der Waals surface area contributed by atoms with Crippen molar-refractivity contribution in [1.82, 2.24) is 15.8 Å². The summed E-state index contributed by atoms with van der Waals surface area (Å²) >= 11 is 0. The van der Waals surface area contributed by atoms with E-state index in [0.29, 0.717) is 5.01 Å². The lowest BCUT2D eigenvalue weighted by Gasteiger charge is -2.22. The molecule has 1 atom stereocenters. The average molecular weight is 329 g/mol. The van der Waals surface area contributed by atoms with E-state index < -0.39 is 36.3 Å². The maximum atomic E-state index is 11.6. The van der Waals surface area contributed by atoms with Gasteiger partial charge in [-0.1, -0.05) is 5.92 Å². The third-order valence-corrected chi connectivity index (χ3v) is 2.22. The Hall–Kier alpha value is -2.47. The number of rotatable bonds is 5. The number of amides is 3. The summed E-state index contributed by atoms with van der Waals surface area (Å²) in [4.78, 5) is 34.0. The summed E-state index contributed by atoms with van der Waals surface area (Å²) < 4.78 is 4.94. The van der Waals surface area contributed by atoms with Gasteiger partial charge in [0.15, 0.2) is 0 Å². The highest BCUT2D eigenvalue weighted by atomic mass is 16.6. The molecule has 23 heavy (non-hydrogen) atoms. The predicted molar refractivity (Wildman–Crippen MR) is 81.2 cm³/mol. The summed E-state index contributed by atoms with van der Waals surface area (Å²) in [5.41, 5.74) is 1.39. The maximum Gasteiger partial charge on any atom is 0.426 e. The molecule has 0 aliphatic rings. The van der Waals surface area contributed by atoms with E-state index in [9.17, 15) is 19.5 Å². The molecular weight excluding hydrogens is 306 g/mol. The normalized spacial score (nSPS) is 11.5. The van der Waals surface area contributed by atoms with Crippen LogP contribution in [0.15, 0.2) is 0 Å². The number of hydrogen-bond donors (Lipinski definition) is 4. The number of carbonyl (C=O) groups is 3. The summed E-state index contributed by atoms with van der Waals surface area (Å²) in [5.74, 6) is 4.21. The molecule has 0 bridgehead atoms. The largest absolute Gasteiger partial charge is 0.464 e. The molecule has 0 aromatic rings. The predicted octanol–water partition coefficient (Wildman–Crippen LogP) is 0.297. The molecule has 9 heteroatoms. The van der Waals surface area contributed by atoms with Gasteiger partial charge in [0, 0.05) is 13.0 Å². The SMILES string of the molecule is CC#C[C@@H](O)CCN(NC(=O)CNC(=O)OC(C)(C)C)C(=O)O. The fourth-order valence-electron chi connectivity index (χ4n) is 1.35. The first-order chi connectivity index (χ1) is 10.5. The van der Waals surface area contributed by atoms with Gasteiger partial charge in [0.05, 0.1) is 0 Å². The van der Waals surface area contributed by atoms with Crippen molar-refractivity contribution < 1.29 is 29.3 Å². The number of carbonyl (C=O) groups excluding carboxylic acids is 2. The first kappa shape index (κ1) is 20.5. The van der Waals surface area contributed by atoms with Crippen molar-refractivity contribution in [3.63, 3.8) is 0 Å². The molecule has 3 amide bonds. The number of nitrogens with one attached hydrogen (secondary N) is 2. The van der Waals surface area contributed by atoms with E-state index in [1.165, 1.54) is 0 Å². The number of hydrogen-bond acceptors (Lipinski definition) is 5. The Labute approximate surface area is 134 Å². The monoisotopic (exact) mass is 329 g/mol. The Bertz CT molecular complexity index is 489. The van der Waals surface area contributed by atoms with Gasteiger partial charge in [0.1, 0.15) is 18.2 Å². The van der Waals surface area contributed by atoms with Gasteiger partial charge in [0.25, 0.3) is 5.91 Å². The van der Waals surface area contributed by atoms with Gasteiger partial charge in [-0.05, 0) is 27.7 Å². The fourth-order valence-corrected chi connectivity index (χ4v) is 1.35. The number of hydrazine groups is 1. The average Bonchev–Trinajstić information content (AvgIpc) is 2.39. The van der Waals surface area contributed by atoms with Gasteiger partial charge < -0.3 is 20.3 Å². The van der Waals surface area contributed by atoms with E-state index in [4.69, 9.17) is 9.84 Å². The van der Waals surface area contributed by atoms with Crippen molar-refractivity contribution in [2.45, 2.75) is 45.8 Å². The van der Waals surface area contributed by atoms with E-state index in [1.54, 1.807) is 27.7 Å². The molecule has 0 radical (unpaired) electrons. The molecule has 4 N–H and O–H groups in total. The van der Waals surface area contributed by atoms with E-state index >= 15 is 0 Å². The molecule has 130 valence electrons. The van der Waals surface area contributed by atoms with Crippen LogP contribution in [0.3, 0.4) is 0 Å². The lowest BCUT2D eigenvalue weighted by Crippen LogP contribution is -2.50. The summed E-state index contributed by atoms with van der Waals surface area (Å²) in [6.45, 7) is 5.96. The van der Waals surface area contributed by atoms with Crippen molar-refractivity contribution in [2.24, 2.45) is 0 Å². The van der Waals surface area contributed by atoms with Gasteiger partial charge in [-0.25, -0.2) is 14.6 Å². The standard InChI is InChI=1S/C14H23N3O6/c1-5-6-10(18)7-8-17(13(21)22)16-11(19)9-15-12(20)23-14(2,3)4/h10,18H,7-9H2,1-4H3,(H,15,20)(H,16,19)(H,21,22)/t10-/m1/s1. The molecule has 9 nitrogen and oxygen atoms in total. The third kappa shape index (κ3) is 10.8. The van der Waals surface area contributed by atoms with E-state index in [2.05, 4.69) is 22.6 Å². The van der Waals surface area contributed by atoms with Gasteiger partial charge in [-0.2, -0.15) is 0 Å². The minimum atomic E-state index is -1.40. The molecule has 0 unspecified atom stereocenters. The summed E-state index contributed by atoms with van der Waals surface area (Å²) in [6, 6.07) is 0. The van der Waals surface area contributed by atoms with Crippen molar-refractivity contribution in [3.8, 4) is 11.8 Å². The Balaban J connectivity index is 4.32. The number of aliphatic hydroxyl groups excluding tert-OH is 1. The zero-order valence-electron chi connectivity index (χ0n) is 13.7. The van der Waals surface area contributed by atoms with Crippen molar-refractivity contribution >= 4 is 18.1 Å². The van der Waals surface area contributed by atoms with Crippen LogP contribution in [-0.4, -0.2) is 58.1 Å². The van der Waals surface area contributed by atoms with Crippen LogP contribution in [0.2, 0.25) is 0 Å². The summed E-state index contributed by atoms with van der Waals surface area (Å²) in [6.07, 6.45) is -3.14. The molecule has 0 aromatic carbocycles. The van der Waals surface area contributed by atoms with Crippen LogP contribution in [0.4, 0.5) is 9.59 Å². The van der Waals surface area contributed by atoms with E-state index in [1.807, 2.05) is 0 Å². The van der Waals surface area contributed by atoms with Crippen LogP contribution in [0.25, 0.3) is 0 Å². The second-order valence-corrected chi connectivity index (χ2v) is 5.52.